The second kappa shape index (κ2) is 7.09. The lowest BCUT2D eigenvalue weighted by atomic mass is 10.3. The van der Waals surface area contributed by atoms with Gasteiger partial charge in [-0.05, 0) is 55.5 Å². The zero-order valence-electron chi connectivity index (χ0n) is 11.6. The van der Waals surface area contributed by atoms with Gasteiger partial charge in [0.15, 0.2) is 0 Å². The van der Waals surface area contributed by atoms with Crippen molar-refractivity contribution in [3.8, 4) is 11.5 Å². The number of phenols is 2. The molecule has 0 saturated carbocycles. The van der Waals surface area contributed by atoms with Crippen molar-refractivity contribution >= 4 is 23.5 Å². The van der Waals surface area contributed by atoms with E-state index in [4.69, 9.17) is 9.78 Å². The van der Waals surface area contributed by atoms with Crippen molar-refractivity contribution in [1.82, 2.24) is 0 Å². The molecule has 6 heteroatoms. The van der Waals surface area contributed by atoms with Crippen molar-refractivity contribution in [3.63, 3.8) is 0 Å². The lowest BCUT2D eigenvalue weighted by Gasteiger charge is -2.26. The van der Waals surface area contributed by atoms with Gasteiger partial charge in [0.2, 0.25) is 4.27 Å². The maximum absolute atomic E-state index is 9.33. The second-order valence-corrected chi connectivity index (χ2v) is 7.47. The molecule has 0 amide bonds. The van der Waals surface area contributed by atoms with Crippen molar-refractivity contribution in [1.29, 1.82) is 0 Å². The summed E-state index contributed by atoms with van der Waals surface area (Å²) >= 11 is 2.93. The molecule has 0 unspecified atom stereocenters. The summed E-state index contributed by atoms with van der Waals surface area (Å²) < 4.78 is -0.706. The molecule has 112 valence electrons. The number of hydrogen-bond acceptors (Lipinski definition) is 6. The molecule has 0 aliphatic carbocycles. The summed E-state index contributed by atoms with van der Waals surface area (Å²) in [7, 11) is 1.47. The van der Waals surface area contributed by atoms with Crippen molar-refractivity contribution in [3.05, 3.63) is 48.5 Å². The summed E-state index contributed by atoms with van der Waals surface area (Å²) in [6, 6.07) is 13.8. The fourth-order valence-electron chi connectivity index (χ4n) is 1.66. The van der Waals surface area contributed by atoms with Gasteiger partial charge in [-0.2, -0.15) is 0 Å². The highest BCUT2D eigenvalue weighted by atomic mass is 32.2. The molecule has 0 atom stereocenters. The van der Waals surface area contributed by atoms with E-state index in [1.54, 1.807) is 24.3 Å². The lowest BCUT2D eigenvalue weighted by Crippen LogP contribution is -2.19. The highest BCUT2D eigenvalue weighted by Crippen LogP contribution is 2.46. The first kappa shape index (κ1) is 16.0. The minimum absolute atomic E-state index is 0.222. The normalized spacial score (nSPS) is 11.5. The Kier molecular flexibility index (Phi) is 5.41. The van der Waals surface area contributed by atoms with Gasteiger partial charge in [-0.25, -0.2) is 9.78 Å². The van der Waals surface area contributed by atoms with E-state index in [0.717, 1.165) is 9.79 Å². The molecule has 2 aromatic carbocycles. The molecule has 21 heavy (non-hydrogen) atoms. The van der Waals surface area contributed by atoms with Gasteiger partial charge >= 0.3 is 0 Å². The standard InChI is InChI=1S/C15H16O4S2/c1-15(19-18-2,20-13-7-3-11(16)4-8-13)21-14-9-5-12(17)6-10-14/h3-10,16-17H,1-2H3. The molecular formula is C15H16O4S2. The van der Waals surface area contributed by atoms with Gasteiger partial charge in [0.25, 0.3) is 0 Å². The summed E-state index contributed by atoms with van der Waals surface area (Å²) in [5.74, 6) is 0.444. The Morgan fingerprint density at radius 1 is 0.810 bits per heavy atom. The van der Waals surface area contributed by atoms with Crippen LogP contribution in [0.25, 0.3) is 0 Å². The number of aromatic hydroxyl groups is 2. The SMILES string of the molecule is COOC(C)(Sc1ccc(O)cc1)Sc1ccc(O)cc1. The van der Waals surface area contributed by atoms with Gasteiger partial charge in [0.05, 0.1) is 7.11 Å². The van der Waals surface area contributed by atoms with Gasteiger partial charge < -0.3 is 10.2 Å². The molecule has 0 aliphatic rings. The third kappa shape index (κ3) is 4.86. The van der Waals surface area contributed by atoms with Crippen LogP contribution in [0.2, 0.25) is 0 Å². The van der Waals surface area contributed by atoms with E-state index in [1.807, 2.05) is 31.2 Å². The Morgan fingerprint density at radius 3 is 1.52 bits per heavy atom. The minimum atomic E-state index is -0.706. The molecule has 2 N–H and O–H groups in total. The van der Waals surface area contributed by atoms with Crippen LogP contribution in [0.5, 0.6) is 11.5 Å². The second-order valence-electron chi connectivity index (χ2n) is 4.30. The quantitative estimate of drug-likeness (QED) is 0.359. The van der Waals surface area contributed by atoms with Crippen molar-refractivity contribution in [2.75, 3.05) is 7.11 Å². The summed E-state index contributed by atoms with van der Waals surface area (Å²) in [5.41, 5.74) is 0. The third-order valence-electron chi connectivity index (χ3n) is 2.51. The van der Waals surface area contributed by atoms with Crippen LogP contribution in [0.1, 0.15) is 6.92 Å². The van der Waals surface area contributed by atoms with E-state index in [9.17, 15) is 10.2 Å². The number of benzene rings is 2. The predicted octanol–water partition coefficient (Wildman–Crippen LogP) is 4.23. The van der Waals surface area contributed by atoms with Crippen LogP contribution in [-0.4, -0.2) is 21.6 Å². The molecule has 0 saturated heterocycles. The highest BCUT2D eigenvalue weighted by Gasteiger charge is 2.30. The molecule has 0 fully saturated rings. The summed E-state index contributed by atoms with van der Waals surface area (Å²) in [6.45, 7) is 1.89. The number of phenolic OH excluding ortho intramolecular Hbond substituents is 2. The maximum atomic E-state index is 9.33. The van der Waals surface area contributed by atoms with Crippen LogP contribution >= 0.6 is 23.5 Å². The molecule has 0 aliphatic heterocycles. The van der Waals surface area contributed by atoms with Gasteiger partial charge in [-0.1, -0.05) is 23.5 Å². The zero-order chi connectivity index (χ0) is 15.3. The molecule has 2 aromatic rings. The lowest BCUT2D eigenvalue weighted by molar-refractivity contribution is -0.288. The fourth-order valence-corrected chi connectivity index (χ4v) is 4.01. The zero-order valence-corrected chi connectivity index (χ0v) is 13.3. The molecule has 0 radical (unpaired) electrons. The van der Waals surface area contributed by atoms with Crippen molar-refractivity contribution in [2.24, 2.45) is 0 Å². The van der Waals surface area contributed by atoms with Gasteiger partial charge in [0.1, 0.15) is 11.5 Å². The molecular weight excluding hydrogens is 308 g/mol. The molecule has 0 bridgehead atoms. The molecule has 0 aromatic heterocycles. The van der Waals surface area contributed by atoms with E-state index >= 15 is 0 Å². The largest absolute Gasteiger partial charge is 0.508 e. The van der Waals surface area contributed by atoms with E-state index in [-0.39, 0.29) is 11.5 Å². The first-order valence-electron chi connectivity index (χ1n) is 6.19. The Morgan fingerprint density at radius 2 is 1.19 bits per heavy atom. The monoisotopic (exact) mass is 324 g/mol. The first-order chi connectivity index (χ1) is 10.0. The topological polar surface area (TPSA) is 58.9 Å². The Hall–Kier alpha value is -1.34. The maximum Gasteiger partial charge on any atom is 0.200 e. The Balaban J connectivity index is 2.14. The van der Waals surface area contributed by atoms with Gasteiger partial charge in [-0.15, -0.1) is 0 Å². The van der Waals surface area contributed by atoms with Crippen LogP contribution in [0.15, 0.2) is 58.3 Å². The molecule has 2 rings (SSSR count). The predicted molar refractivity (Wildman–Crippen MR) is 84.4 cm³/mol. The summed E-state index contributed by atoms with van der Waals surface area (Å²) in [4.78, 5) is 12.1. The molecule has 4 nitrogen and oxygen atoms in total. The number of hydrogen-bond donors (Lipinski definition) is 2. The molecule has 0 heterocycles. The highest BCUT2D eigenvalue weighted by molar-refractivity contribution is 8.18. The van der Waals surface area contributed by atoms with Crippen LogP contribution in [0.4, 0.5) is 0 Å². The Labute approximate surface area is 132 Å². The summed E-state index contributed by atoms with van der Waals surface area (Å²) in [5, 5.41) is 18.7. The Bertz CT molecular complexity index is 522. The van der Waals surface area contributed by atoms with Crippen LogP contribution in [0.3, 0.4) is 0 Å². The fraction of sp³-hybridized carbons (Fsp3) is 0.200. The van der Waals surface area contributed by atoms with Gasteiger partial charge in [-0.3, -0.25) is 0 Å². The van der Waals surface area contributed by atoms with Crippen LogP contribution in [0, 0.1) is 0 Å². The van der Waals surface area contributed by atoms with Crippen molar-refractivity contribution in [2.45, 2.75) is 21.0 Å². The van der Waals surface area contributed by atoms with Gasteiger partial charge in [0, 0.05) is 9.79 Å². The summed E-state index contributed by atoms with van der Waals surface area (Å²) in [6.07, 6.45) is 0. The van der Waals surface area contributed by atoms with E-state index < -0.39 is 4.27 Å². The average molecular weight is 324 g/mol. The van der Waals surface area contributed by atoms with Crippen LogP contribution < -0.4 is 0 Å². The third-order valence-corrected chi connectivity index (χ3v) is 4.91. The number of thioether (sulfide) groups is 2. The van der Waals surface area contributed by atoms with Crippen molar-refractivity contribution < 1.29 is 20.0 Å². The first-order valence-corrected chi connectivity index (χ1v) is 7.82. The minimum Gasteiger partial charge on any atom is -0.508 e. The van der Waals surface area contributed by atoms with E-state index in [0.29, 0.717) is 0 Å². The average Bonchev–Trinajstić information content (AvgIpc) is 2.44. The van der Waals surface area contributed by atoms with E-state index in [2.05, 4.69) is 0 Å². The van der Waals surface area contributed by atoms with E-state index in [1.165, 1.54) is 30.6 Å². The molecule has 0 spiro atoms. The van der Waals surface area contributed by atoms with Crippen LogP contribution in [-0.2, 0) is 9.78 Å². The number of rotatable bonds is 6. The smallest absolute Gasteiger partial charge is 0.200 e.